The Kier molecular flexibility index (Phi) is 6.27. The van der Waals surface area contributed by atoms with E-state index in [0.29, 0.717) is 17.8 Å². The average Bonchev–Trinajstić information content (AvgIpc) is 2.99. The van der Waals surface area contributed by atoms with Gasteiger partial charge in [0, 0.05) is 37.9 Å². The fourth-order valence-electron chi connectivity index (χ4n) is 3.76. The largest absolute Gasteiger partial charge is 0.374 e. The van der Waals surface area contributed by atoms with Crippen molar-refractivity contribution in [2.24, 2.45) is 4.99 Å². The second kappa shape index (κ2) is 8.86. The normalized spacial score (nSPS) is 25.2. The highest BCUT2D eigenvalue weighted by Crippen LogP contribution is 2.26. The predicted molar refractivity (Wildman–Crippen MR) is 101 cm³/mol. The lowest BCUT2D eigenvalue weighted by atomic mass is 9.89. The van der Waals surface area contributed by atoms with Crippen LogP contribution in [0.15, 0.2) is 35.3 Å². The first-order chi connectivity index (χ1) is 11.8. The van der Waals surface area contributed by atoms with E-state index in [1.807, 2.05) is 0 Å². The lowest BCUT2D eigenvalue weighted by molar-refractivity contribution is 0.463. The van der Waals surface area contributed by atoms with Gasteiger partial charge in [-0.05, 0) is 31.2 Å². The van der Waals surface area contributed by atoms with Crippen LogP contribution in [0.5, 0.6) is 0 Å². The quantitative estimate of drug-likeness (QED) is 0.787. The molecule has 2 atom stereocenters. The zero-order valence-electron chi connectivity index (χ0n) is 14.6. The Morgan fingerprint density at radius 3 is 2.75 bits per heavy atom. The molecule has 0 bridgehead atoms. The molecular formula is C20H30N4. The Morgan fingerprint density at radius 2 is 1.88 bits per heavy atom. The minimum absolute atomic E-state index is 0.317. The van der Waals surface area contributed by atoms with Crippen LogP contribution in [0.4, 0.5) is 0 Å². The van der Waals surface area contributed by atoms with Gasteiger partial charge in [-0.15, -0.1) is 0 Å². The number of hydrogen-bond donors (Lipinski definition) is 3. The summed E-state index contributed by atoms with van der Waals surface area (Å²) in [6.45, 7) is 1.86. The summed E-state index contributed by atoms with van der Waals surface area (Å²) < 4.78 is 0. The summed E-state index contributed by atoms with van der Waals surface area (Å²) in [5.74, 6) is 2.21. The Labute approximate surface area is 145 Å². The maximum Gasteiger partial charge on any atom is 0.0963 e. The van der Waals surface area contributed by atoms with E-state index < -0.39 is 0 Å². The van der Waals surface area contributed by atoms with E-state index in [4.69, 9.17) is 10.4 Å². The second-order valence-electron chi connectivity index (χ2n) is 7.02. The molecule has 2 saturated heterocycles. The Hall–Kier alpha value is -1.84. The molecule has 4 nitrogen and oxygen atoms in total. The molecule has 4 heteroatoms. The number of rotatable bonds is 4. The van der Waals surface area contributed by atoms with Crippen molar-refractivity contribution in [3.63, 3.8) is 0 Å². The van der Waals surface area contributed by atoms with E-state index in [9.17, 15) is 0 Å². The molecule has 2 aliphatic heterocycles. The van der Waals surface area contributed by atoms with Gasteiger partial charge < -0.3 is 10.6 Å². The van der Waals surface area contributed by atoms with E-state index in [0.717, 1.165) is 38.8 Å². The van der Waals surface area contributed by atoms with Gasteiger partial charge in [0.2, 0.25) is 0 Å². The number of benzene rings is 1. The maximum absolute atomic E-state index is 8.11. The van der Waals surface area contributed by atoms with E-state index in [-0.39, 0.29) is 0 Å². The molecule has 0 aromatic heterocycles. The highest BCUT2D eigenvalue weighted by molar-refractivity contribution is 5.82. The van der Waals surface area contributed by atoms with E-state index in [2.05, 4.69) is 41.0 Å². The monoisotopic (exact) mass is 326 g/mol. The van der Waals surface area contributed by atoms with Crippen molar-refractivity contribution in [1.82, 2.24) is 10.6 Å². The van der Waals surface area contributed by atoms with Gasteiger partial charge in [0.1, 0.15) is 0 Å². The smallest absolute Gasteiger partial charge is 0.0963 e. The molecule has 2 aliphatic rings. The Bertz CT molecular complexity index is 542. The molecule has 2 heterocycles. The first kappa shape index (κ1) is 17.0. The van der Waals surface area contributed by atoms with E-state index in [1.54, 1.807) is 0 Å². The minimum atomic E-state index is 0.317. The van der Waals surface area contributed by atoms with Crippen LogP contribution in [0.1, 0.15) is 62.8 Å². The fraction of sp³-hybridized carbons (Fsp3) is 0.600. The van der Waals surface area contributed by atoms with Gasteiger partial charge in [-0.1, -0.05) is 43.2 Å². The van der Waals surface area contributed by atoms with Crippen LogP contribution in [-0.4, -0.2) is 30.8 Å². The number of hydrogen-bond acceptors (Lipinski definition) is 2. The van der Waals surface area contributed by atoms with Crippen LogP contribution >= 0.6 is 0 Å². The van der Waals surface area contributed by atoms with Crippen LogP contribution in [0, 0.1) is 5.41 Å². The van der Waals surface area contributed by atoms with Crippen molar-refractivity contribution in [2.45, 2.75) is 63.3 Å². The van der Waals surface area contributed by atoms with Crippen molar-refractivity contribution in [1.29, 1.82) is 5.41 Å². The summed E-state index contributed by atoms with van der Waals surface area (Å²) in [6.07, 6.45) is 9.20. The molecule has 0 saturated carbocycles. The summed E-state index contributed by atoms with van der Waals surface area (Å²) in [7, 11) is 0. The standard InChI is InChI=1S/C20H30N4/c21-19-12-7-6-11-18(24-19)17(16-9-3-1-4-10-16)15-23-20-13-5-2-8-14-22-20/h1,3-4,9-10,17-18H,2,5-8,11-15H2,(H2,21,24)(H,22,23). The van der Waals surface area contributed by atoms with Gasteiger partial charge in [-0.25, -0.2) is 0 Å². The second-order valence-corrected chi connectivity index (χ2v) is 7.02. The molecule has 0 spiro atoms. The topological polar surface area (TPSA) is 60.3 Å². The van der Waals surface area contributed by atoms with Gasteiger partial charge in [0.05, 0.1) is 11.7 Å². The zero-order chi connectivity index (χ0) is 16.6. The molecule has 3 N–H and O–H groups in total. The van der Waals surface area contributed by atoms with E-state index >= 15 is 0 Å². The average molecular weight is 326 g/mol. The van der Waals surface area contributed by atoms with Crippen molar-refractivity contribution in [3.05, 3.63) is 35.9 Å². The molecule has 1 aromatic carbocycles. The summed E-state index contributed by atoms with van der Waals surface area (Å²) in [5.41, 5.74) is 1.34. The van der Waals surface area contributed by atoms with Gasteiger partial charge in [-0.3, -0.25) is 10.4 Å². The van der Waals surface area contributed by atoms with Crippen molar-refractivity contribution in [2.75, 3.05) is 13.1 Å². The number of aliphatic imine (C=N–C) groups is 1. The van der Waals surface area contributed by atoms with Crippen LogP contribution in [0.25, 0.3) is 0 Å². The molecule has 0 amide bonds. The summed E-state index contributed by atoms with van der Waals surface area (Å²) in [4.78, 5) is 4.95. The minimum Gasteiger partial charge on any atom is -0.374 e. The lowest BCUT2D eigenvalue weighted by Gasteiger charge is -2.27. The summed E-state index contributed by atoms with van der Waals surface area (Å²) in [5, 5.41) is 15.1. The number of nitrogens with one attached hydrogen (secondary N) is 3. The fourth-order valence-corrected chi connectivity index (χ4v) is 3.76. The maximum atomic E-state index is 8.11. The van der Waals surface area contributed by atoms with Crippen LogP contribution in [-0.2, 0) is 0 Å². The van der Waals surface area contributed by atoms with Gasteiger partial charge in [0.25, 0.3) is 0 Å². The van der Waals surface area contributed by atoms with Crippen LogP contribution < -0.4 is 10.6 Å². The van der Waals surface area contributed by atoms with E-state index in [1.165, 1.54) is 37.1 Å². The molecule has 24 heavy (non-hydrogen) atoms. The highest BCUT2D eigenvalue weighted by Gasteiger charge is 2.25. The molecular weight excluding hydrogens is 296 g/mol. The molecule has 3 rings (SSSR count). The first-order valence-electron chi connectivity index (χ1n) is 9.49. The molecule has 1 aromatic rings. The SMILES string of the molecule is N=C1CCCCC(C(CN=C2CCCCCN2)c2ccccc2)N1. The third-order valence-corrected chi connectivity index (χ3v) is 5.16. The third kappa shape index (κ3) is 4.83. The van der Waals surface area contributed by atoms with Crippen LogP contribution in [0.2, 0.25) is 0 Å². The summed E-state index contributed by atoms with van der Waals surface area (Å²) in [6, 6.07) is 11.0. The number of nitrogens with zero attached hydrogens (tertiary/aromatic N) is 1. The zero-order valence-corrected chi connectivity index (χ0v) is 14.6. The first-order valence-corrected chi connectivity index (χ1v) is 9.49. The van der Waals surface area contributed by atoms with Gasteiger partial charge in [-0.2, -0.15) is 0 Å². The van der Waals surface area contributed by atoms with Gasteiger partial charge >= 0.3 is 0 Å². The van der Waals surface area contributed by atoms with Crippen molar-refractivity contribution in [3.8, 4) is 0 Å². The molecule has 2 unspecified atom stereocenters. The van der Waals surface area contributed by atoms with Crippen molar-refractivity contribution >= 4 is 11.7 Å². The Balaban J connectivity index is 1.76. The number of amidine groups is 2. The van der Waals surface area contributed by atoms with Crippen LogP contribution in [0.3, 0.4) is 0 Å². The van der Waals surface area contributed by atoms with Crippen molar-refractivity contribution < 1.29 is 0 Å². The molecule has 130 valence electrons. The predicted octanol–water partition coefficient (Wildman–Crippen LogP) is 3.84. The lowest BCUT2D eigenvalue weighted by Crippen LogP contribution is -2.39. The summed E-state index contributed by atoms with van der Waals surface area (Å²) >= 11 is 0. The highest BCUT2D eigenvalue weighted by atomic mass is 15.0. The molecule has 0 aliphatic carbocycles. The Morgan fingerprint density at radius 1 is 1.04 bits per heavy atom. The molecule has 2 fully saturated rings. The van der Waals surface area contributed by atoms with Gasteiger partial charge in [0.15, 0.2) is 0 Å². The molecule has 0 radical (unpaired) electrons. The third-order valence-electron chi connectivity index (χ3n) is 5.16.